The Bertz CT molecular complexity index is 295. The molecule has 0 atom stereocenters. The monoisotopic (exact) mass is 209 g/mol. The van der Waals surface area contributed by atoms with Crippen molar-refractivity contribution in [1.29, 1.82) is 5.26 Å². The van der Waals surface area contributed by atoms with Gasteiger partial charge in [-0.05, 0) is 26.2 Å². The molecule has 0 saturated carbocycles. The van der Waals surface area contributed by atoms with Gasteiger partial charge in [0.05, 0.1) is 0 Å². The van der Waals surface area contributed by atoms with Crippen LogP contribution >= 0.6 is 12.2 Å². The normalized spacial score (nSPS) is 18.4. The Hall–Kier alpha value is -1.08. The largest absolute Gasteiger partial charge is 0.389 e. The van der Waals surface area contributed by atoms with Crippen molar-refractivity contribution >= 4 is 17.2 Å². The Morgan fingerprint density at radius 2 is 1.93 bits per heavy atom. The van der Waals surface area contributed by atoms with Crippen LogP contribution in [0.3, 0.4) is 0 Å². The van der Waals surface area contributed by atoms with Gasteiger partial charge >= 0.3 is 0 Å². The smallest absolute Gasteiger partial charge is 0.116 e. The van der Waals surface area contributed by atoms with E-state index in [0.717, 1.165) is 18.8 Å². The van der Waals surface area contributed by atoms with Crippen molar-refractivity contribution in [3.63, 3.8) is 0 Å². The van der Waals surface area contributed by atoms with E-state index in [4.69, 9.17) is 23.2 Å². The molecule has 0 aliphatic carbocycles. The van der Waals surface area contributed by atoms with E-state index in [2.05, 4.69) is 11.0 Å². The number of rotatable bonds is 2. The topological polar surface area (TPSA) is 53.1 Å². The van der Waals surface area contributed by atoms with Crippen LogP contribution in [0.1, 0.15) is 26.2 Å². The van der Waals surface area contributed by atoms with E-state index in [0.29, 0.717) is 5.57 Å². The number of thiocarbonyl (C=S) groups is 1. The molecule has 14 heavy (non-hydrogen) atoms. The Labute approximate surface area is 90.2 Å². The SMILES string of the molecule is CC(=C(C#N)C(N)=S)N1CCCCC1. The molecule has 0 aromatic carbocycles. The van der Waals surface area contributed by atoms with Gasteiger partial charge in [0, 0.05) is 18.8 Å². The highest BCUT2D eigenvalue weighted by Gasteiger charge is 2.14. The Kier molecular flexibility index (Phi) is 3.90. The van der Waals surface area contributed by atoms with Crippen LogP contribution in [0.15, 0.2) is 11.3 Å². The first-order valence-electron chi connectivity index (χ1n) is 4.82. The molecule has 0 aromatic heterocycles. The van der Waals surface area contributed by atoms with Crippen molar-refractivity contribution in [3.8, 4) is 6.07 Å². The second-order valence-electron chi connectivity index (χ2n) is 3.48. The van der Waals surface area contributed by atoms with Crippen molar-refractivity contribution in [1.82, 2.24) is 4.90 Å². The van der Waals surface area contributed by atoms with Crippen molar-refractivity contribution in [2.75, 3.05) is 13.1 Å². The number of nitrogens with two attached hydrogens (primary N) is 1. The number of allylic oxidation sites excluding steroid dienone is 1. The molecule has 0 radical (unpaired) electrons. The van der Waals surface area contributed by atoms with Crippen LogP contribution in [0.25, 0.3) is 0 Å². The highest BCUT2D eigenvalue weighted by Crippen LogP contribution is 2.17. The van der Waals surface area contributed by atoms with Gasteiger partial charge in [-0.15, -0.1) is 0 Å². The lowest BCUT2D eigenvalue weighted by atomic mass is 10.1. The standard InChI is InChI=1S/C10H15N3S/c1-8(9(7-11)10(12)14)13-5-3-2-4-6-13/h2-6H2,1H3,(H2,12,14). The van der Waals surface area contributed by atoms with Gasteiger partial charge in [0.2, 0.25) is 0 Å². The summed E-state index contributed by atoms with van der Waals surface area (Å²) in [4.78, 5) is 2.40. The fourth-order valence-corrected chi connectivity index (χ4v) is 1.90. The van der Waals surface area contributed by atoms with E-state index in [1.54, 1.807) is 0 Å². The lowest BCUT2D eigenvalue weighted by molar-refractivity contribution is 0.285. The third kappa shape index (κ3) is 2.46. The molecule has 76 valence electrons. The molecule has 0 unspecified atom stereocenters. The van der Waals surface area contributed by atoms with Gasteiger partial charge in [0.1, 0.15) is 16.6 Å². The number of hydrogen-bond donors (Lipinski definition) is 1. The fraction of sp³-hybridized carbons (Fsp3) is 0.600. The predicted molar refractivity (Wildman–Crippen MR) is 60.5 cm³/mol. The first kappa shape index (κ1) is 11.0. The minimum Gasteiger partial charge on any atom is -0.389 e. The minimum absolute atomic E-state index is 0.204. The van der Waals surface area contributed by atoms with Crippen molar-refractivity contribution in [2.24, 2.45) is 5.73 Å². The molecular weight excluding hydrogens is 194 g/mol. The minimum atomic E-state index is 0.204. The van der Waals surface area contributed by atoms with E-state index in [-0.39, 0.29) is 4.99 Å². The van der Waals surface area contributed by atoms with Crippen molar-refractivity contribution in [2.45, 2.75) is 26.2 Å². The lowest BCUT2D eigenvalue weighted by Crippen LogP contribution is -2.30. The van der Waals surface area contributed by atoms with Crippen molar-refractivity contribution < 1.29 is 0 Å². The number of nitriles is 1. The highest BCUT2D eigenvalue weighted by atomic mass is 32.1. The van der Waals surface area contributed by atoms with Gasteiger partial charge in [-0.1, -0.05) is 12.2 Å². The maximum absolute atomic E-state index is 8.90. The molecular formula is C10H15N3S. The summed E-state index contributed by atoms with van der Waals surface area (Å²) >= 11 is 4.83. The molecule has 0 aromatic rings. The summed E-state index contributed by atoms with van der Waals surface area (Å²) in [6.45, 7) is 3.95. The van der Waals surface area contributed by atoms with E-state index >= 15 is 0 Å². The van der Waals surface area contributed by atoms with Gasteiger partial charge in [0.25, 0.3) is 0 Å². The Balaban J connectivity index is 2.83. The quantitative estimate of drug-likeness (QED) is 0.426. The second kappa shape index (κ2) is 4.97. The average molecular weight is 209 g/mol. The molecule has 2 N–H and O–H groups in total. The predicted octanol–water partition coefficient (Wildman–Crippen LogP) is 1.56. The molecule has 1 aliphatic heterocycles. The summed E-state index contributed by atoms with van der Waals surface area (Å²) in [5.41, 5.74) is 6.87. The summed E-state index contributed by atoms with van der Waals surface area (Å²) in [6.07, 6.45) is 3.65. The first-order chi connectivity index (χ1) is 6.66. The van der Waals surface area contributed by atoms with Gasteiger partial charge in [-0.3, -0.25) is 0 Å². The molecule has 1 rings (SSSR count). The van der Waals surface area contributed by atoms with E-state index in [9.17, 15) is 0 Å². The lowest BCUT2D eigenvalue weighted by Gasteiger charge is -2.29. The molecule has 4 heteroatoms. The van der Waals surface area contributed by atoms with Crippen molar-refractivity contribution in [3.05, 3.63) is 11.3 Å². The van der Waals surface area contributed by atoms with E-state index in [1.807, 2.05) is 6.92 Å². The average Bonchev–Trinajstić information content (AvgIpc) is 2.19. The number of hydrogen-bond acceptors (Lipinski definition) is 3. The summed E-state index contributed by atoms with van der Waals surface area (Å²) in [6, 6.07) is 2.07. The molecule has 1 saturated heterocycles. The molecule has 3 nitrogen and oxygen atoms in total. The van der Waals surface area contributed by atoms with Crippen LogP contribution in [0.2, 0.25) is 0 Å². The number of piperidine rings is 1. The van der Waals surface area contributed by atoms with Crippen LogP contribution < -0.4 is 5.73 Å². The van der Waals surface area contributed by atoms with Gasteiger partial charge in [-0.2, -0.15) is 5.26 Å². The Morgan fingerprint density at radius 3 is 2.36 bits per heavy atom. The third-order valence-electron chi connectivity index (χ3n) is 2.55. The summed E-state index contributed by atoms with van der Waals surface area (Å²) in [7, 11) is 0. The van der Waals surface area contributed by atoms with Crippen LogP contribution in [0, 0.1) is 11.3 Å². The molecule has 0 spiro atoms. The first-order valence-corrected chi connectivity index (χ1v) is 5.23. The Morgan fingerprint density at radius 1 is 1.36 bits per heavy atom. The van der Waals surface area contributed by atoms with Crippen LogP contribution in [-0.4, -0.2) is 23.0 Å². The molecule has 1 heterocycles. The van der Waals surface area contributed by atoms with Gasteiger partial charge in [0.15, 0.2) is 0 Å². The van der Waals surface area contributed by atoms with E-state index in [1.165, 1.54) is 19.3 Å². The van der Waals surface area contributed by atoms with E-state index < -0.39 is 0 Å². The zero-order valence-corrected chi connectivity index (χ0v) is 9.23. The molecule has 1 aliphatic rings. The number of likely N-dealkylation sites (tertiary alicyclic amines) is 1. The second-order valence-corrected chi connectivity index (χ2v) is 3.92. The zero-order valence-electron chi connectivity index (χ0n) is 8.42. The summed E-state index contributed by atoms with van der Waals surface area (Å²) < 4.78 is 0. The number of nitrogens with zero attached hydrogens (tertiary/aromatic N) is 2. The maximum Gasteiger partial charge on any atom is 0.116 e. The molecule has 0 amide bonds. The van der Waals surface area contributed by atoms with Crippen LogP contribution in [0.4, 0.5) is 0 Å². The van der Waals surface area contributed by atoms with Gasteiger partial charge < -0.3 is 10.6 Å². The summed E-state index contributed by atoms with van der Waals surface area (Å²) in [5, 5.41) is 8.90. The zero-order chi connectivity index (χ0) is 10.6. The fourth-order valence-electron chi connectivity index (χ4n) is 1.70. The molecule has 0 bridgehead atoms. The highest BCUT2D eigenvalue weighted by molar-refractivity contribution is 7.80. The molecule has 1 fully saturated rings. The third-order valence-corrected chi connectivity index (χ3v) is 2.75. The van der Waals surface area contributed by atoms with Crippen LogP contribution in [0.5, 0.6) is 0 Å². The van der Waals surface area contributed by atoms with Gasteiger partial charge in [-0.25, -0.2) is 0 Å². The van der Waals surface area contributed by atoms with Crippen LogP contribution in [-0.2, 0) is 0 Å². The summed E-state index contributed by atoms with van der Waals surface area (Å²) in [5.74, 6) is 0. The maximum atomic E-state index is 8.90.